The SMILES string of the molecule is Cc1ccc(N(CCCC(=O)Nc2ccc(C(C)C)cc2)S(C)(=O)=O)cc1. The molecule has 6 heteroatoms. The van der Waals surface area contributed by atoms with E-state index in [0.29, 0.717) is 18.0 Å². The highest BCUT2D eigenvalue weighted by molar-refractivity contribution is 7.92. The molecule has 0 fully saturated rings. The van der Waals surface area contributed by atoms with Crippen molar-refractivity contribution in [2.75, 3.05) is 22.4 Å². The summed E-state index contributed by atoms with van der Waals surface area (Å²) in [7, 11) is -3.40. The molecule has 27 heavy (non-hydrogen) atoms. The molecule has 0 aromatic heterocycles. The third kappa shape index (κ3) is 6.40. The van der Waals surface area contributed by atoms with Crippen LogP contribution < -0.4 is 9.62 Å². The first kappa shape index (κ1) is 21.0. The monoisotopic (exact) mass is 388 g/mol. The van der Waals surface area contributed by atoms with Crippen molar-refractivity contribution in [1.82, 2.24) is 0 Å². The van der Waals surface area contributed by atoms with Crippen molar-refractivity contribution in [3.05, 3.63) is 59.7 Å². The lowest BCUT2D eigenvalue weighted by atomic mass is 10.0. The van der Waals surface area contributed by atoms with Gasteiger partial charge in [-0.25, -0.2) is 8.42 Å². The number of benzene rings is 2. The highest BCUT2D eigenvalue weighted by Gasteiger charge is 2.17. The van der Waals surface area contributed by atoms with Gasteiger partial charge in [-0.1, -0.05) is 43.7 Å². The average molecular weight is 389 g/mol. The fraction of sp³-hybridized carbons (Fsp3) is 0.381. The molecule has 2 aromatic carbocycles. The Hall–Kier alpha value is -2.34. The minimum Gasteiger partial charge on any atom is -0.326 e. The largest absolute Gasteiger partial charge is 0.326 e. The Labute approximate surface area is 162 Å². The number of nitrogens with one attached hydrogen (secondary N) is 1. The predicted molar refractivity (Wildman–Crippen MR) is 112 cm³/mol. The lowest BCUT2D eigenvalue weighted by molar-refractivity contribution is -0.116. The van der Waals surface area contributed by atoms with Gasteiger partial charge in [-0.2, -0.15) is 0 Å². The molecule has 146 valence electrons. The van der Waals surface area contributed by atoms with Gasteiger partial charge in [-0.3, -0.25) is 9.10 Å². The van der Waals surface area contributed by atoms with Crippen LogP contribution >= 0.6 is 0 Å². The standard InChI is InChI=1S/C21H28N2O3S/c1-16(2)18-9-11-19(12-10-18)22-21(24)6-5-15-23(27(4,25)26)20-13-7-17(3)8-14-20/h7-14,16H,5-6,15H2,1-4H3,(H,22,24). The smallest absolute Gasteiger partial charge is 0.232 e. The van der Waals surface area contributed by atoms with E-state index in [1.54, 1.807) is 12.1 Å². The summed E-state index contributed by atoms with van der Waals surface area (Å²) in [6.07, 6.45) is 1.88. The van der Waals surface area contributed by atoms with E-state index in [2.05, 4.69) is 19.2 Å². The second kappa shape index (κ2) is 9.04. The number of sulfonamides is 1. The van der Waals surface area contributed by atoms with Gasteiger partial charge in [-0.05, 0) is 49.1 Å². The normalized spacial score (nSPS) is 11.4. The third-order valence-corrected chi connectivity index (χ3v) is 5.54. The summed E-state index contributed by atoms with van der Waals surface area (Å²) >= 11 is 0. The van der Waals surface area contributed by atoms with Crippen LogP contribution in [0.4, 0.5) is 11.4 Å². The number of amides is 1. The van der Waals surface area contributed by atoms with Gasteiger partial charge in [0.25, 0.3) is 0 Å². The van der Waals surface area contributed by atoms with E-state index in [-0.39, 0.29) is 18.9 Å². The Morgan fingerprint density at radius 1 is 1.04 bits per heavy atom. The second-order valence-corrected chi connectivity index (χ2v) is 9.01. The molecule has 0 aliphatic heterocycles. The summed E-state index contributed by atoms with van der Waals surface area (Å²) in [4.78, 5) is 12.2. The molecule has 0 atom stereocenters. The van der Waals surface area contributed by atoms with Crippen LogP contribution in [0.25, 0.3) is 0 Å². The Morgan fingerprint density at radius 3 is 2.15 bits per heavy atom. The topological polar surface area (TPSA) is 66.5 Å². The Bertz CT molecular complexity index is 857. The number of rotatable bonds is 8. The number of carbonyl (C=O) groups is 1. The zero-order valence-electron chi connectivity index (χ0n) is 16.4. The second-order valence-electron chi connectivity index (χ2n) is 7.10. The molecular weight excluding hydrogens is 360 g/mol. The first-order valence-electron chi connectivity index (χ1n) is 9.11. The van der Waals surface area contributed by atoms with Crippen LogP contribution in [0, 0.1) is 6.92 Å². The molecule has 1 N–H and O–H groups in total. The van der Waals surface area contributed by atoms with E-state index in [4.69, 9.17) is 0 Å². The van der Waals surface area contributed by atoms with Gasteiger partial charge in [0.15, 0.2) is 0 Å². The molecule has 0 heterocycles. The van der Waals surface area contributed by atoms with Crippen molar-refractivity contribution < 1.29 is 13.2 Å². The van der Waals surface area contributed by atoms with E-state index >= 15 is 0 Å². The zero-order valence-corrected chi connectivity index (χ0v) is 17.2. The summed E-state index contributed by atoms with van der Waals surface area (Å²) in [5, 5.41) is 2.86. The van der Waals surface area contributed by atoms with Gasteiger partial charge in [0.2, 0.25) is 15.9 Å². The van der Waals surface area contributed by atoms with Crippen molar-refractivity contribution in [2.24, 2.45) is 0 Å². The van der Waals surface area contributed by atoms with E-state index in [1.165, 1.54) is 16.1 Å². The predicted octanol–water partition coefficient (Wildman–Crippen LogP) is 4.30. The molecule has 0 spiro atoms. The fourth-order valence-electron chi connectivity index (χ4n) is 2.76. The van der Waals surface area contributed by atoms with Crippen LogP contribution in [0.2, 0.25) is 0 Å². The van der Waals surface area contributed by atoms with Crippen LogP contribution in [0.15, 0.2) is 48.5 Å². The number of hydrogen-bond acceptors (Lipinski definition) is 3. The van der Waals surface area contributed by atoms with Crippen molar-refractivity contribution in [2.45, 2.75) is 39.5 Å². The Morgan fingerprint density at radius 2 is 1.63 bits per heavy atom. The summed E-state index contributed by atoms with van der Waals surface area (Å²) in [6.45, 7) is 6.46. The van der Waals surface area contributed by atoms with Crippen LogP contribution in [0.3, 0.4) is 0 Å². The van der Waals surface area contributed by atoms with Crippen molar-refractivity contribution >= 4 is 27.3 Å². The Kier molecular flexibility index (Phi) is 7.02. The summed E-state index contributed by atoms with van der Waals surface area (Å²) in [6, 6.07) is 15.1. The maximum absolute atomic E-state index is 12.2. The van der Waals surface area contributed by atoms with Gasteiger partial charge in [0.05, 0.1) is 11.9 Å². The van der Waals surface area contributed by atoms with Crippen LogP contribution in [0.5, 0.6) is 0 Å². The molecule has 0 aliphatic rings. The number of carbonyl (C=O) groups excluding carboxylic acids is 1. The minimum absolute atomic E-state index is 0.121. The molecule has 0 radical (unpaired) electrons. The van der Waals surface area contributed by atoms with Gasteiger partial charge in [0.1, 0.15) is 0 Å². The minimum atomic E-state index is -3.40. The molecule has 0 bridgehead atoms. The molecule has 0 aliphatic carbocycles. The van der Waals surface area contributed by atoms with E-state index in [0.717, 1.165) is 11.3 Å². The molecule has 2 aromatic rings. The lowest BCUT2D eigenvalue weighted by Gasteiger charge is -2.22. The van der Waals surface area contributed by atoms with Gasteiger partial charge < -0.3 is 5.32 Å². The third-order valence-electron chi connectivity index (χ3n) is 4.35. The van der Waals surface area contributed by atoms with Crippen molar-refractivity contribution in [1.29, 1.82) is 0 Å². The zero-order chi connectivity index (χ0) is 20.0. The van der Waals surface area contributed by atoms with Crippen molar-refractivity contribution in [3.8, 4) is 0 Å². The van der Waals surface area contributed by atoms with Crippen molar-refractivity contribution in [3.63, 3.8) is 0 Å². The maximum atomic E-state index is 12.2. The van der Waals surface area contributed by atoms with Crippen LogP contribution in [-0.2, 0) is 14.8 Å². The van der Waals surface area contributed by atoms with E-state index in [9.17, 15) is 13.2 Å². The number of aryl methyl sites for hydroxylation is 1. The lowest BCUT2D eigenvalue weighted by Crippen LogP contribution is -2.31. The molecular formula is C21H28N2O3S. The summed E-state index contributed by atoms with van der Waals surface area (Å²) in [5.41, 5.74) is 3.65. The summed E-state index contributed by atoms with van der Waals surface area (Å²) in [5.74, 6) is 0.322. The van der Waals surface area contributed by atoms with Gasteiger partial charge in [-0.15, -0.1) is 0 Å². The number of anilines is 2. The van der Waals surface area contributed by atoms with Crippen LogP contribution in [0.1, 0.15) is 43.7 Å². The Balaban J connectivity index is 1.92. The average Bonchev–Trinajstić information content (AvgIpc) is 2.59. The molecule has 5 nitrogen and oxygen atoms in total. The molecule has 0 saturated carbocycles. The fourth-order valence-corrected chi connectivity index (χ4v) is 3.72. The van der Waals surface area contributed by atoms with Gasteiger partial charge >= 0.3 is 0 Å². The number of nitrogens with zero attached hydrogens (tertiary/aromatic N) is 1. The molecule has 1 amide bonds. The van der Waals surface area contributed by atoms with E-state index in [1.807, 2.05) is 43.3 Å². The molecule has 0 saturated heterocycles. The summed E-state index contributed by atoms with van der Waals surface area (Å²) < 4.78 is 25.5. The van der Waals surface area contributed by atoms with Crippen LogP contribution in [-0.4, -0.2) is 27.1 Å². The highest BCUT2D eigenvalue weighted by atomic mass is 32.2. The van der Waals surface area contributed by atoms with E-state index < -0.39 is 10.0 Å². The quantitative estimate of drug-likeness (QED) is 0.733. The first-order chi connectivity index (χ1) is 12.7. The highest BCUT2D eigenvalue weighted by Crippen LogP contribution is 2.20. The molecule has 2 rings (SSSR count). The molecule has 0 unspecified atom stereocenters. The van der Waals surface area contributed by atoms with Gasteiger partial charge in [0, 0.05) is 18.7 Å². The number of hydrogen-bond donors (Lipinski definition) is 1. The maximum Gasteiger partial charge on any atom is 0.232 e. The first-order valence-corrected chi connectivity index (χ1v) is 11.0.